The van der Waals surface area contributed by atoms with Gasteiger partial charge in [0.05, 0.1) is 5.56 Å². The summed E-state index contributed by atoms with van der Waals surface area (Å²) in [6.07, 6.45) is 0.915. The number of rotatable bonds is 2. The monoisotopic (exact) mass is 309 g/mol. The summed E-state index contributed by atoms with van der Waals surface area (Å²) in [5.41, 5.74) is 2.53. The van der Waals surface area contributed by atoms with Crippen molar-refractivity contribution in [2.75, 3.05) is 11.4 Å². The molecule has 4 nitrogen and oxygen atoms in total. The molecule has 0 unspecified atom stereocenters. The Morgan fingerprint density at radius 2 is 1.78 bits per heavy atom. The Hall–Kier alpha value is -2.62. The van der Waals surface area contributed by atoms with Crippen molar-refractivity contribution in [2.45, 2.75) is 26.2 Å². The molecule has 0 N–H and O–H groups in total. The highest BCUT2D eigenvalue weighted by Crippen LogP contribution is 2.36. The lowest BCUT2D eigenvalue weighted by Gasteiger charge is -2.33. The summed E-state index contributed by atoms with van der Waals surface area (Å²) < 4.78 is 5.18. The molecule has 0 spiro atoms. The number of hydrogen-bond donors (Lipinski definition) is 0. The van der Waals surface area contributed by atoms with E-state index in [1.165, 1.54) is 12.5 Å². The smallest absolute Gasteiger partial charge is 0.308 e. The fourth-order valence-electron chi connectivity index (χ4n) is 2.99. The summed E-state index contributed by atoms with van der Waals surface area (Å²) >= 11 is 0. The molecule has 4 heteroatoms. The van der Waals surface area contributed by atoms with Gasteiger partial charge in [0.2, 0.25) is 0 Å². The molecule has 1 aliphatic heterocycles. The number of benzene rings is 2. The average molecular weight is 309 g/mol. The fraction of sp³-hybridized carbons (Fsp3) is 0.263. The second kappa shape index (κ2) is 6.24. The number of carbonyl (C=O) groups is 2. The zero-order chi connectivity index (χ0) is 16.4. The van der Waals surface area contributed by atoms with Crippen LogP contribution < -0.4 is 9.64 Å². The quantitative estimate of drug-likeness (QED) is 0.627. The van der Waals surface area contributed by atoms with Crippen molar-refractivity contribution >= 4 is 17.6 Å². The molecule has 2 aromatic rings. The van der Waals surface area contributed by atoms with Crippen molar-refractivity contribution in [2.24, 2.45) is 0 Å². The highest BCUT2D eigenvalue weighted by Gasteiger charge is 2.28. The van der Waals surface area contributed by atoms with Gasteiger partial charge in [0.15, 0.2) is 0 Å². The number of hydrogen-bond acceptors (Lipinski definition) is 3. The van der Waals surface area contributed by atoms with Crippen LogP contribution in [-0.2, 0) is 4.79 Å². The molecule has 0 fully saturated rings. The first-order valence-electron chi connectivity index (χ1n) is 7.76. The lowest BCUT2D eigenvalue weighted by atomic mass is 9.91. The Bertz CT molecular complexity index is 754. The maximum Gasteiger partial charge on any atom is 0.308 e. The molecule has 0 radical (unpaired) electrons. The second-order valence-electron chi connectivity index (χ2n) is 5.80. The first-order chi connectivity index (χ1) is 11.1. The zero-order valence-electron chi connectivity index (χ0n) is 13.3. The zero-order valence-corrected chi connectivity index (χ0v) is 13.3. The highest BCUT2D eigenvalue weighted by atomic mass is 16.5. The van der Waals surface area contributed by atoms with E-state index >= 15 is 0 Å². The minimum absolute atomic E-state index is 0.138. The van der Waals surface area contributed by atoms with Crippen LogP contribution in [0, 0.1) is 0 Å². The minimum Gasteiger partial charge on any atom is -0.426 e. The molecule has 118 valence electrons. The normalized spacial score (nSPS) is 16.6. The second-order valence-corrected chi connectivity index (χ2v) is 5.80. The van der Waals surface area contributed by atoms with Crippen molar-refractivity contribution in [1.82, 2.24) is 0 Å². The van der Waals surface area contributed by atoms with Crippen LogP contribution in [0.3, 0.4) is 0 Å². The number of carbonyl (C=O) groups excluding carboxylic acids is 2. The Balaban J connectivity index is 1.99. The van der Waals surface area contributed by atoms with Crippen LogP contribution in [0.15, 0.2) is 48.5 Å². The van der Waals surface area contributed by atoms with Crippen molar-refractivity contribution < 1.29 is 14.3 Å². The van der Waals surface area contributed by atoms with E-state index in [4.69, 9.17) is 4.74 Å². The molecule has 1 aliphatic rings. The predicted octanol–water partition coefficient (Wildman–Crippen LogP) is 3.77. The van der Waals surface area contributed by atoms with Crippen molar-refractivity contribution in [3.05, 3.63) is 59.7 Å². The third-order valence-corrected chi connectivity index (χ3v) is 4.16. The van der Waals surface area contributed by atoms with E-state index in [9.17, 15) is 9.59 Å². The third-order valence-electron chi connectivity index (χ3n) is 4.16. The average Bonchev–Trinajstić information content (AvgIpc) is 2.55. The molecule has 0 saturated carbocycles. The van der Waals surface area contributed by atoms with E-state index in [0.29, 0.717) is 23.8 Å². The van der Waals surface area contributed by atoms with E-state index in [1.54, 1.807) is 29.2 Å². The van der Waals surface area contributed by atoms with Crippen molar-refractivity contribution in [3.63, 3.8) is 0 Å². The molecular weight excluding hydrogens is 290 g/mol. The van der Waals surface area contributed by atoms with Crippen LogP contribution in [0.2, 0.25) is 0 Å². The fourth-order valence-corrected chi connectivity index (χ4v) is 2.99. The maximum atomic E-state index is 13.0. The molecule has 1 atom stereocenters. The summed E-state index contributed by atoms with van der Waals surface area (Å²) in [5.74, 6) is 0.166. The minimum atomic E-state index is -0.432. The molecule has 1 amide bonds. The lowest BCUT2D eigenvalue weighted by Crippen LogP contribution is -2.36. The third kappa shape index (κ3) is 2.97. The number of nitrogens with zero attached hydrogens (tertiary/aromatic N) is 1. The van der Waals surface area contributed by atoms with Gasteiger partial charge in [-0.25, -0.2) is 0 Å². The van der Waals surface area contributed by atoms with Crippen LogP contribution >= 0.6 is 0 Å². The number of esters is 1. The van der Waals surface area contributed by atoms with Crippen LogP contribution in [0.4, 0.5) is 5.69 Å². The highest BCUT2D eigenvalue weighted by molar-refractivity contribution is 6.08. The number of amides is 1. The van der Waals surface area contributed by atoms with E-state index in [1.807, 2.05) is 18.2 Å². The largest absolute Gasteiger partial charge is 0.426 e. The van der Waals surface area contributed by atoms with Gasteiger partial charge in [-0.3, -0.25) is 9.59 Å². The predicted molar refractivity (Wildman–Crippen MR) is 88.9 cm³/mol. The number of fused-ring (bicyclic) bond motifs is 1. The van der Waals surface area contributed by atoms with E-state index < -0.39 is 5.97 Å². The van der Waals surface area contributed by atoms with Gasteiger partial charge in [-0.15, -0.1) is 0 Å². The van der Waals surface area contributed by atoms with Crippen LogP contribution in [0.5, 0.6) is 5.75 Å². The molecule has 0 aromatic heterocycles. The molecule has 1 heterocycles. The van der Waals surface area contributed by atoms with Crippen LogP contribution in [0.25, 0.3) is 0 Å². The lowest BCUT2D eigenvalue weighted by molar-refractivity contribution is -0.131. The van der Waals surface area contributed by atoms with Gasteiger partial charge in [-0.05, 0) is 36.1 Å². The first kappa shape index (κ1) is 15.3. The maximum absolute atomic E-state index is 13.0. The molecule has 0 aliphatic carbocycles. The van der Waals surface area contributed by atoms with Crippen molar-refractivity contribution in [1.29, 1.82) is 0 Å². The Morgan fingerprint density at radius 1 is 1.09 bits per heavy atom. The van der Waals surface area contributed by atoms with Crippen molar-refractivity contribution in [3.8, 4) is 5.75 Å². The van der Waals surface area contributed by atoms with Gasteiger partial charge in [-0.1, -0.05) is 37.3 Å². The standard InChI is InChI=1S/C19H19NO3/c1-13-11-12-20(17-9-5-3-7-15(13)17)19(22)16-8-4-6-10-18(16)23-14(2)21/h3-10,13H,11-12H2,1-2H3/t13-/m1/s1. The Labute approximate surface area is 135 Å². The van der Waals surface area contributed by atoms with Gasteiger partial charge in [0.25, 0.3) is 5.91 Å². The summed E-state index contributed by atoms with van der Waals surface area (Å²) in [6.45, 7) is 4.16. The Morgan fingerprint density at radius 3 is 2.57 bits per heavy atom. The summed E-state index contributed by atoms with van der Waals surface area (Å²) in [5, 5.41) is 0. The van der Waals surface area contributed by atoms with Gasteiger partial charge in [0, 0.05) is 19.2 Å². The number of ether oxygens (including phenoxy) is 1. The Kier molecular flexibility index (Phi) is 4.15. The van der Waals surface area contributed by atoms with Gasteiger partial charge < -0.3 is 9.64 Å². The number of para-hydroxylation sites is 2. The van der Waals surface area contributed by atoms with Gasteiger partial charge >= 0.3 is 5.97 Å². The van der Waals surface area contributed by atoms with Gasteiger partial charge in [-0.2, -0.15) is 0 Å². The SMILES string of the molecule is CC(=O)Oc1ccccc1C(=O)N1CC[C@@H](C)c2ccccc21. The molecule has 3 rings (SSSR count). The molecular formula is C19H19NO3. The summed E-state index contributed by atoms with van der Waals surface area (Å²) in [7, 11) is 0. The molecule has 0 saturated heterocycles. The molecule has 0 bridgehead atoms. The topological polar surface area (TPSA) is 46.6 Å². The van der Waals surface area contributed by atoms with Crippen LogP contribution in [-0.4, -0.2) is 18.4 Å². The van der Waals surface area contributed by atoms with E-state index in [0.717, 1.165) is 12.1 Å². The molecule has 2 aromatic carbocycles. The molecule has 23 heavy (non-hydrogen) atoms. The number of anilines is 1. The van der Waals surface area contributed by atoms with E-state index in [2.05, 4.69) is 13.0 Å². The first-order valence-corrected chi connectivity index (χ1v) is 7.76. The summed E-state index contributed by atoms with van der Waals surface area (Å²) in [6, 6.07) is 14.8. The van der Waals surface area contributed by atoms with E-state index in [-0.39, 0.29) is 5.91 Å². The summed E-state index contributed by atoms with van der Waals surface area (Å²) in [4.78, 5) is 26.0. The van der Waals surface area contributed by atoms with Crippen LogP contribution in [0.1, 0.15) is 42.1 Å². The van der Waals surface area contributed by atoms with Gasteiger partial charge in [0.1, 0.15) is 5.75 Å².